The van der Waals surface area contributed by atoms with Crippen molar-refractivity contribution in [3.63, 3.8) is 0 Å². The van der Waals surface area contributed by atoms with Crippen molar-refractivity contribution < 1.29 is 24.1 Å². The highest BCUT2D eigenvalue weighted by Gasteiger charge is 2.37. The van der Waals surface area contributed by atoms with Gasteiger partial charge in [-0.25, -0.2) is 0 Å². The Morgan fingerprint density at radius 1 is 0.818 bits per heavy atom. The number of hydrogen-bond donors (Lipinski definition) is 3. The van der Waals surface area contributed by atoms with Gasteiger partial charge in [0.25, 0.3) is 0 Å². The zero-order chi connectivity index (χ0) is 31.6. The lowest BCUT2D eigenvalue weighted by Crippen LogP contribution is -2.19. The van der Waals surface area contributed by atoms with Gasteiger partial charge in [-0.05, 0) is 32.1 Å². The van der Waals surface area contributed by atoms with Crippen LogP contribution in [0.2, 0.25) is 0 Å². The largest absolute Gasteiger partial charge is 0.505 e. The van der Waals surface area contributed by atoms with Gasteiger partial charge in [0.1, 0.15) is 17.3 Å². The van der Waals surface area contributed by atoms with Gasteiger partial charge in [-0.3, -0.25) is 14.4 Å². The number of allylic oxidation sites excluding steroid dienone is 1. The van der Waals surface area contributed by atoms with E-state index in [1.807, 2.05) is 26.8 Å². The minimum Gasteiger partial charge on any atom is -0.505 e. The Kier molecular flexibility index (Phi) is 7.14. The standard InChI is InChI=1S/C35H36N2O7/c1-8-10-36-18-13-20(42-5)26-27-21(43-6)14-19(39)25-28(27)23-17(32(33(25)40)37-11-9-2)12-15(3)22(16(4)38)31-29(23)30(26)24(18)34(41)35(31)44-7/h12-14,22,36-37,40H,8-11H2,1-7H3. The number of benzene rings is 5. The first kappa shape index (κ1) is 29.3. The van der Waals surface area contributed by atoms with E-state index in [9.17, 15) is 19.5 Å². The van der Waals surface area contributed by atoms with Crippen molar-refractivity contribution in [1.29, 1.82) is 0 Å². The first-order valence-electron chi connectivity index (χ1n) is 14.9. The summed E-state index contributed by atoms with van der Waals surface area (Å²) < 4.78 is 17.7. The number of anilines is 2. The van der Waals surface area contributed by atoms with E-state index >= 15 is 0 Å². The maximum atomic E-state index is 14.5. The predicted molar refractivity (Wildman–Crippen MR) is 177 cm³/mol. The summed E-state index contributed by atoms with van der Waals surface area (Å²) in [6, 6.07) is 3.15. The van der Waals surface area contributed by atoms with E-state index in [1.54, 1.807) is 13.2 Å². The van der Waals surface area contributed by atoms with Gasteiger partial charge >= 0.3 is 0 Å². The molecule has 6 rings (SSSR count). The second kappa shape index (κ2) is 10.7. The maximum Gasteiger partial charge on any atom is 0.230 e. The molecule has 0 aliphatic heterocycles. The van der Waals surface area contributed by atoms with Crippen LogP contribution in [0, 0.1) is 0 Å². The molecule has 9 nitrogen and oxygen atoms in total. The molecule has 0 saturated carbocycles. The van der Waals surface area contributed by atoms with E-state index in [-0.39, 0.29) is 33.8 Å². The zero-order valence-electron chi connectivity index (χ0n) is 26.0. The third kappa shape index (κ3) is 3.81. The second-order valence-electron chi connectivity index (χ2n) is 11.4. The number of Topliss-reactive ketones (excluding diaryl/α,β-unsaturated/α-hetero) is 1. The molecule has 0 spiro atoms. The number of carbonyl (C=O) groups is 1. The molecule has 5 aromatic rings. The number of ketones is 1. The van der Waals surface area contributed by atoms with E-state index in [2.05, 4.69) is 10.6 Å². The quantitative estimate of drug-likeness (QED) is 0.0960. The fourth-order valence-corrected chi connectivity index (χ4v) is 7.11. The van der Waals surface area contributed by atoms with Gasteiger partial charge in [-0.1, -0.05) is 25.5 Å². The highest BCUT2D eigenvalue weighted by molar-refractivity contribution is 6.40. The van der Waals surface area contributed by atoms with E-state index in [4.69, 9.17) is 14.2 Å². The minimum atomic E-state index is -0.814. The number of rotatable bonds is 10. The second-order valence-corrected chi connectivity index (χ2v) is 11.4. The Labute approximate surface area is 254 Å². The molecule has 0 heterocycles. The first-order valence-corrected chi connectivity index (χ1v) is 14.9. The SMILES string of the molecule is CCCNc1c(O)c2c(=O)cc(OC)c3c4c(OC)cc(NCCC)c5c(=O)c(OC)c6c(c(c1C=C(C)C6C(C)=O)c23)c54. The average molecular weight is 597 g/mol. The summed E-state index contributed by atoms with van der Waals surface area (Å²) in [4.78, 5) is 41.8. The number of phenolic OH excluding ortho intramolecular Hbond substituents is 1. The summed E-state index contributed by atoms with van der Waals surface area (Å²) in [7, 11) is 4.47. The summed E-state index contributed by atoms with van der Waals surface area (Å²) >= 11 is 0. The van der Waals surface area contributed by atoms with Crippen LogP contribution in [-0.4, -0.2) is 45.3 Å². The monoisotopic (exact) mass is 596 g/mol. The number of fused-ring (bicyclic) bond motifs is 1. The number of carbonyl (C=O) groups excluding carboxylic acids is 1. The van der Waals surface area contributed by atoms with E-state index in [1.165, 1.54) is 27.2 Å². The van der Waals surface area contributed by atoms with Gasteiger partial charge in [0, 0.05) is 69.0 Å². The van der Waals surface area contributed by atoms with Crippen LogP contribution in [0.1, 0.15) is 57.6 Å². The molecule has 3 N–H and O–H groups in total. The van der Waals surface area contributed by atoms with Gasteiger partial charge in [0.15, 0.2) is 16.9 Å². The average Bonchev–Trinajstić information content (AvgIpc) is 3.13. The molecule has 0 fully saturated rings. The third-order valence-corrected chi connectivity index (χ3v) is 8.79. The van der Waals surface area contributed by atoms with Gasteiger partial charge in [-0.15, -0.1) is 0 Å². The van der Waals surface area contributed by atoms with Gasteiger partial charge in [0.2, 0.25) is 5.43 Å². The van der Waals surface area contributed by atoms with Gasteiger partial charge < -0.3 is 30.0 Å². The molecular formula is C35H36N2O7. The number of methoxy groups -OCH3 is 3. The lowest BCUT2D eigenvalue weighted by molar-refractivity contribution is -0.117. The number of ether oxygens (including phenoxy) is 3. The Morgan fingerprint density at radius 3 is 2.02 bits per heavy atom. The molecule has 44 heavy (non-hydrogen) atoms. The van der Waals surface area contributed by atoms with Crippen molar-refractivity contribution in [2.45, 2.75) is 46.5 Å². The fraction of sp³-hybridized carbons (Fsp3) is 0.343. The zero-order valence-corrected chi connectivity index (χ0v) is 26.0. The van der Waals surface area contributed by atoms with E-state index in [0.717, 1.165) is 12.8 Å². The molecule has 228 valence electrons. The van der Waals surface area contributed by atoms with Crippen molar-refractivity contribution in [2.24, 2.45) is 0 Å². The summed E-state index contributed by atoms with van der Waals surface area (Å²) in [5.74, 6) is -0.351. The first-order chi connectivity index (χ1) is 21.2. The molecular weight excluding hydrogens is 560 g/mol. The predicted octanol–water partition coefficient (Wildman–Crippen LogP) is 6.36. The van der Waals surface area contributed by atoms with Gasteiger partial charge in [0.05, 0.1) is 43.7 Å². The summed E-state index contributed by atoms with van der Waals surface area (Å²) in [6.07, 6.45) is 3.46. The van der Waals surface area contributed by atoms with Crippen LogP contribution in [0.3, 0.4) is 0 Å². The van der Waals surface area contributed by atoms with Crippen LogP contribution in [0.15, 0.2) is 27.3 Å². The van der Waals surface area contributed by atoms with E-state index in [0.29, 0.717) is 84.6 Å². The molecule has 1 aliphatic rings. The van der Waals surface area contributed by atoms with Crippen molar-refractivity contribution in [3.8, 4) is 23.0 Å². The molecule has 0 radical (unpaired) electrons. The molecule has 0 aromatic heterocycles. The molecule has 0 saturated heterocycles. The Bertz CT molecular complexity index is 2150. The molecule has 0 amide bonds. The highest BCUT2D eigenvalue weighted by atomic mass is 16.5. The topological polar surface area (TPSA) is 123 Å². The van der Waals surface area contributed by atoms with Crippen molar-refractivity contribution in [3.05, 3.63) is 49.3 Å². The van der Waals surface area contributed by atoms with Crippen molar-refractivity contribution in [2.75, 3.05) is 45.1 Å². The lowest BCUT2D eigenvalue weighted by atomic mass is 9.80. The molecule has 1 atom stereocenters. The highest BCUT2D eigenvalue weighted by Crippen LogP contribution is 2.56. The lowest BCUT2D eigenvalue weighted by Gasteiger charge is -2.25. The normalized spacial score (nSPS) is 14.4. The molecule has 5 aromatic carbocycles. The van der Waals surface area contributed by atoms with Crippen LogP contribution in [0.5, 0.6) is 23.0 Å². The van der Waals surface area contributed by atoms with Crippen LogP contribution < -0.4 is 35.7 Å². The van der Waals surface area contributed by atoms with Crippen LogP contribution in [-0.2, 0) is 4.79 Å². The van der Waals surface area contributed by atoms with Gasteiger partial charge in [-0.2, -0.15) is 0 Å². The van der Waals surface area contributed by atoms with Crippen LogP contribution >= 0.6 is 0 Å². The smallest absolute Gasteiger partial charge is 0.230 e. The number of phenols is 1. The maximum absolute atomic E-state index is 14.5. The number of aromatic hydroxyl groups is 1. The number of nitrogens with one attached hydrogen (secondary N) is 2. The van der Waals surface area contributed by atoms with Crippen LogP contribution in [0.25, 0.3) is 49.2 Å². The minimum absolute atomic E-state index is 0.0713. The Balaban J connectivity index is 2.12. The molecule has 0 bridgehead atoms. The molecule has 1 aliphatic carbocycles. The van der Waals surface area contributed by atoms with Crippen molar-refractivity contribution in [1.82, 2.24) is 0 Å². The van der Waals surface area contributed by atoms with Crippen LogP contribution in [0.4, 0.5) is 11.4 Å². The number of hydrogen-bond acceptors (Lipinski definition) is 9. The Hall–Kier alpha value is -4.79. The summed E-state index contributed by atoms with van der Waals surface area (Å²) in [5.41, 5.74) is 1.94. The Morgan fingerprint density at radius 2 is 1.43 bits per heavy atom. The molecule has 9 heteroatoms. The molecule has 1 unspecified atom stereocenters. The fourth-order valence-electron chi connectivity index (χ4n) is 7.11. The third-order valence-electron chi connectivity index (χ3n) is 8.79. The summed E-state index contributed by atoms with van der Waals surface area (Å²) in [6.45, 7) is 8.52. The van der Waals surface area contributed by atoms with Crippen molar-refractivity contribution >= 4 is 66.3 Å². The summed E-state index contributed by atoms with van der Waals surface area (Å²) in [5, 5.41) is 22.5. The van der Waals surface area contributed by atoms with E-state index < -0.39 is 11.3 Å².